The van der Waals surface area contributed by atoms with Crippen LogP contribution in [0.5, 0.6) is 0 Å². The zero-order chi connectivity index (χ0) is 11.7. The summed E-state index contributed by atoms with van der Waals surface area (Å²) in [6, 6.07) is 9.04. The van der Waals surface area contributed by atoms with Crippen molar-refractivity contribution in [3.05, 3.63) is 39.2 Å². The third-order valence-corrected chi connectivity index (χ3v) is 3.55. The van der Waals surface area contributed by atoms with Crippen LogP contribution in [0.25, 0.3) is 10.4 Å². The molecule has 0 amide bonds. The quantitative estimate of drug-likeness (QED) is 0.844. The summed E-state index contributed by atoms with van der Waals surface area (Å²) in [6.45, 7) is 0. The van der Waals surface area contributed by atoms with Crippen LogP contribution in [0, 0.1) is 11.3 Å². The summed E-state index contributed by atoms with van der Waals surface area (Å²) in [4.78, 5) is 1.39. The lowest BCUT2D eigenvalue weighted by atomic mass is 10.2. The van der Waals surface area contributed by atoms with Crippen LogP contribution in [0.4, 0.5) is 5.69 Å². The Bertz CT molecular complexity index is 564. The van der Waals surface area contributed by atoms with Crippen LogP contribution in [-0.2, 0) is 0 Å². The summed E-state index contributed by atoms with van der Waals surface area (Å²) in [5.74, 6) is 0. The molecule has 2 rings (SSSR count). The molecule has 0 aliphatic carbocycles. The molecule has 0 radical (unpaired) electrons. The molecular weight excluding hydrogens is 263 g/mol. The van der Waals surface area contributed by atoms with Gasteiger partial charge in [-0.3, -0.25) is 0 Å². The predicted molar refractivity (Wildman–Crippen MR) is 68.9 cm³/mol. The van der Waals surface area contributed by atoms with Gasteiger partial charge >= 0.3 is 0 Å². The van der Waals surface area contributed by atoms with Gasteiger partial charge in [-0.25, -0.2) is 0 Å². The van der Waals surface area contributed by atoms with Gasteiger partial charge < -0.3 is 5.73 Å². The number of nitriles is 1. The van der Waals surface area contributed by atoms with Crippen molar-refractivity contribution in [3.63, 3.8) is 0 Å². The van der Waals surface area contributed by atoms with Crippen molar-refractivity contribution in [3.8, 4) is 16.5 Å². The average molecular weight is 269 g/mol. The molecule has 80 valence electrons. The van der Waals surface area contributed by atoms with Gasteiger partial charge in [-0.15, -0.1) is 11.3 Å². The van der Waals surface area contributed by atoms with Crippen molar-refractivity contribution in [2.45, 2.75) is 0 Å². The number of hydrogen-bond donors (Lipinski definition) is 1. The number of nitrogen functional groups attached to an aromatic ring is 1. The van der Waals surface area contributed by atoms with Gasteiger partial charge in [0.05, 0.1) is 5.69 Å². The summed E-state index contributed by atoms with van der Waals surface area (Å²) in [5.41, 5.74) is 7.04. The Morgan fingerprint density at radius 2 is 1.75 bits per heavy atom. The monoisotopic (exact) mass is 268 g/mol. The van der Waals surface area contributed by atoms with Gasteiger partial charge in [0.25, 0.3) is 0 Å². The van der Waals surface area contributed by atoms with Crippen LogP contribution in [0.3, 0.4) is 0 Å². The lowest BCUT2D eigenvalue weighted by molar-refractivity contribution is 1.52. The first kappa shape index (κ1) is 11.3. The van der Waals surface area contributed by atoms with E-state index in [0.717, 1.165) is 10.4 Å². The summed E-state index contributed by atoms with van der Waals surface area (Å²) < 4.78 is 0. The van der Waals surface area contributed by atoms with Crippen LogP contribution in [0.2, 0.25) is 10.0 Å². The molecule has 0 saturated heterocycles. The first-order valence-electron chi connectivity index (χ1n) is 4.36. The topological polar surface area (TPSA) is 49.8 Å². The Kier molecular flexibility index (Phi) is 3.06. The fraction of sp³-hybridized carbons (Fsp3) is 0. The zero-order valence-electron chi connectivity index (χ0n) is 8.00. The molecule has 0 unspecified atom stereocenters. The SMILES string of the molecule is N#Cc1sc(-c2cc(Cl)cc(Cl)c2)cc1N. The molecule has 0 spiro atoms. The molecule has 2 nitrogen and oxygen atoms in total. The van der Waals surface area contributed by atoms with Gasteiger partial charge in [-0.2, -0.15) is 5.26 Å². The Morgan fingerprint density at radius 3 is 2.25 bits per heavy atom. The summed E-state index contributed by atoms with van der Waals surface area (Å²) in [7, 11) is 0. The van der Waals surface area contributed by atoms with Crippen LogP contribution in [-0.4, -0.2) is 0 Å². The number of halogens is 2. The molecule has 0 fully saturated rings. The lowest BCUT2D eigenvalue weighted by Crippen LogP contribution is -1.81. The first-order chi connectivity index (χ1) is 7.60. The first-order valence-corrected chi connectivity index (χ1v) is 5.93. The van der Waals surface area contributed by atoms with Crippen molar-refractivity contribution >= 4 is 40.2 Å². The minimum Gasteiger partial charge on any atom is -0.397 e. The van der Waals surface area contributed by atoms with E-state index in [1.54, 1.807) is 24.3 Å². The van der Waals surface area contributed by atoms with Crippen molar-refractivity contribution in [1.82, 2.24) is 0 Å². The van der Waals surface area contributed by atoms with Gasteiger partial charge in [0, 0.05) is 14.9 Å². The number of nitrogens with two attached hydrogens (primary N) is 1. The van der Waals surface area contributed by atoms with Crippen LogP contribution < -0.4 is 5.73 Å². The van der Waals surface area contributed by atoms with E-state index in [1.165, 1.54) is 11.3 Å². The molecule has 0 atom stereocenters. The van der Waals surface area contributed by atoms with Gasteiger partial charge in [-0.05, 0) is 29.8 Å². The Balaban J connectivity index is 2.55. The standard InChI is InChI=1S/C11H6Cl2N2S/c12-7-1-6(2-8(13)3-7)10-4-9(15)11(5-14)16-10/h1-4H,15H2. The van der Waals surface area contributed by atoms with Crippen LogP contribution in [0.1, 0.15) is 4.88 Å². The lowest BCUT2D eigenvalue weighted by Gasteiger charge is -1.99. The molecule has 1 aromatic heterocycles. The molecule has 16 heavy (non-hydrogen) atoms. The third-order valence-electron chi connectivity index (χ3n) is 2.01. The van der Waals surface area contributed by atoms with Crippen LogP contribution >= 0.6 is 34.5 Å². The normalized spacial score (nSPS) is 10.1. The van der Waals surface area contributed by atoms with Crippen molar-refractivity contribution in [2.24, 2.45) is 0 Å². The number of rotatable bonds is 1. The fourth-order valence-corrected chi connectivity index (χ4v) is 2.72. The van der Waals surface area contributed by atoms with Crippen molar-refractivity contribution in [1.29, 1.82) is 5.26 Å². The number of nitrogens with zero attached hydrogens (tertiary/aromatic N) is 1. The molecule has 1 aromatic carbocycles. The maximum atomic E-state index is 8.82. The average Bonchev–Trinajstić information content (AvgIpc) is 2.58. The molecule has 0 saturated carbocycles. The molecule has 2 N–H and O–H groups in total. The second-order valence-electron chi connectivity index (χ2n) is 3.17. The molecule has 0 bridgehead atoms. The van der Waals surface area contributed by atoms with E-state index in [0.29, 0.717) is 20.6 Å². The molecule has 0 aliphatic heterocycles. The number of thiophene rings is 1. The highest BCUT2D eigenvalue weighted by molar-refractivity contribution is 7.16. The third kappa shape index (κ3) is 2.14. The maximum Gasteiger partial charge on any atom is 0.128 e. The molecule has 2 aromatic rings. The van der Waals surface area contributed by atoms with Gasteiger partial charge in [0.2, 0.25) is 0 Å². The molecule has 5 heteroatoms. The van der Waals surface area contributed by atoms with E-state index in [-0.39, 0.29) is 0 Å². The summed E-state index contributed by atoms with van der Waals surface area (Å²) >= 11 is 13.1. The highest BCUT2D eigenvalue weighted by Crippen LogP contribution is 2.35. The zero-order valence-corrected chi connectivity index (χ0v) is 10.3. The summed E-state index contributed by atoms with van der Waals surface area (Å²) in [5, 5.41) is 9.94. The van der Waals surface area contributed by atoms with Crippen molar-refractivity contribution < 1.29 is 0 Å². The maximum absolute atomic E-state index is 8.82. The van der Waals surface area contributed by atoms with E-state index >= 15 is 0 Å². The van der Waals surface area contributed by atoms with Gasteiger partial charge in [-0.1, -0.05) is 23.2 Å². The number of hydrogen-bond acceptors (Lipinski definition) is 3. The number of anilines is 1. The number of benzene rings is 1. The predicted octanol–water partition coefficient (Wildman–Crippen LogP) is 4.18. The van der Waals surface area contributed by atoms with Crippen molar-refractivity contribution in [2.75, 3.05) is 5.73 Å². The van der Waals surface area contributed by atoms with Crippen LogP contribution in [0.15, 0.2) is 24.3 Å². The minimum absolute atomic E-state index is 0.485. The van der Waals surface area contributed by atoms with Gasteiger partial charge in [0.1, 0.15) is 10.9 Å². The van der Waals surface area contributed by atoms with E-state index in [9.17, 15) is 0 Å². The second-order valence-corrected chi connectivity index (χ2v) is 5.09. The van der Waals surface area contributed by atoms with E-state index in [4.69, 9.17) is 34.2 Å². The highest BCUT2D eigenvalue weighted by atomic mass is 35.5. The fourth-order valence-electron chi connectivity index (χ4n) is 1.33. The Labute approximate surface area is 107 Å². The second kappa shape index (κ2) is 4.34. The minimum atomic E-state index is 0.485. The van der Waals surface area contributed by atoms with Gasteiger partial charge in [0.15, 0.2) is 0 Å². The highest BCUT2D eigenvalue weighted by Gasteiger charge is 2.08. The van der Waals surface area contributed by atoms with E-state index in [1.807, 2.05) is 6.07 Å². The Hall–Kier alpha value is -1.21. The van der Waals surface area contributed by atoms with E-state index in [2.05, 4.69) is 0 Å². The molecular formula is C11H6Cl2N2S. The Morgan fingerprint density at radius 1 is 1.12 bits per heavy atom. The smallest absolute Gasteiger partial charge is 0.128 e. The largest absolute Gasteiger partial charge is 0.397 e. The molecule has 0 aliphatic rings. The van der Waals surface area contributed by atoms with E-state index < -0.39 is 0 Å². The summed E-state index contributed by atoms with van der Waals surface area (Å²) in [6.07, 6.45) is 0. The molecule has 1 heterocycles.